The average Bonchev–Trinajstić information content (AvgIpc) is 3.30. The molecule has 2 rings (SSSR count). The molecule has 1 saturated carbocycles. The van der Waals surface area contributed by atoms with Crippen molar-refractivity contribution in [3.05, 3.63) is 45.9 Å². The summed E-state index contributed by atoms with van der Waals surface area (Å²) < 4.78 is 35.9. The maximum absolute atomic E-state index is 12.8. The molecule has 0 aliphatic heterocycles. The molecular weight excluding hydrogens is 347 g/mol. The third-order valence-corrected chi connectivity index (χ3v) is 3.76. The Kier molecular flexibility index (Phi) is 6.66. The van der Waals surface area contributed by atoms with E-state index in [-0.39, 0.29) is 21.6 Å². The second-order valence-electron chi connectivity index (χ2n) is 5.12. The highest BCUT2D eigenvalue weighted by Crippen LogP contribution is 2.37. The summed E-state index contributed by atoms with van der Waals surface area (Å²) in [5.74, 6) is 0.434. The van der Waals surface area contributed by atoms with E-state index in [9.17, 15) is 8.78 Å². The highest BCUT2D eigenvalue weighted by Gasteiger charge is 2.26. The van der Waals surface area contributed by atoms with Crippen LogP contribution in [0.15, 0.2) is 30.3 Å². The first-order valence-corrected chi connectivity index (χ1v) is 8.06. The molecule has 1 aromatic heterocycles. The molecule has 0 unspecified atom stereocenters. The molecule has 1 aliphatic carbocycles. The van der Waals surface area contributed by atoms with Crippen molar-refractivity contribution < 1.29 is 18.3 Å². The summed E-state index contributed by atoms with van der Waals surface area (Å²) in [6.07, 6.45) is 8.67. The van der Waals surface area contributed by atoms with Gasteiger partial charge in [0.1, 0.15) is 0 Å². The van der Waals surface area contributed by atoms with Crippen LogP contribution >= 0.6 is 23.2 Å². The van der Waals surface area contributed by atoms with Crippen LogP contribution in [0.1, 0.15) is 31.7 Å². The molecule has 0 saturated heterocycles. The zero-order valence-corrected chi connectivity index (χ0v) is 14.1. The van der Waals surface area contributed by atoms with E-state index in [1.54, 1.807) is 6.08 Å². The Morgan fingerprint density at radius 3 is 2.52 bits per heavy atom. The Labute approximate surface area is 143 Å². The van der Waals surface area contributed by atoms with Gasteiger partial charge in [0, 0.05) is 12.4 Å². The molecule has 0 radical (unpaired) electrons. The Morgan fingerprint density at radius 2 is 2.00 bits per heavy atom. The van der Waals surface area contributed by atoms with Crippen LogP contribution < -0.4 is 0 Å². The van der Waals surface area contributed by atoms with Gasteiger partial charge >= 0.3 is 6.61 Å². The number of alkyl halides is 2. The van der Waals surface area contributed by atoms with Crippen molar-refractivity contribution in [3.8, 4) is 0 Å². The van der Waals surface area contributed by atoms with Crippen molar-refractivity contribution in [2.45, 2.75) is 32.8 Å². The molecule has 3 nitrogen and oxygen atoms in total. The van der Waals surface area contributed by atoms with Gasteiger partial charge in [-0.05, 0) is 31.3 Å². The van der Waals surface area contributed by atoms with Crippen LogP contribution in [0.4, 0.5) is 8.78 Å². The van der Waals surface area contributed by atoms with Crippen molar-refractivity contribution in [2.24, 2.45) is 5.92 Å². The van der Waals surface area contributed by atoms with Crippen molar-refractivity contribution in [1.82, 2.24) is 4.98 Å². The van der Waals surface area contributed by atoms with E-state index in [0.717, 1.165) is 12.8 Å². The molecule has 0 N–H and O–H groups in total. The molecule has 0 atom stereocenters. The van der Waals surface area contributed by atoms with Crippen LogP contribution in [0.3, 0.4) is 0 Å². The molecule has 0 bridgehead atoms. The molecule has 1 fully saturated rings. The Hall–Kier alpha value is -1.33. The largest absolute Gasteiger partial charge is 0.489 e. The molecule has 7 heteroatoms. The van der Waals surface area contributed by atoms with Gasteiger partial charge in [-0.2, -0.15) is 8.78 Å². The van der Waals surface area contributed by atoms with E-state index in [2.05, 4.69) is 9.72 Å². The first-order valence-electron chi connectivity index (χ1n) is 7.30. The van der Waals surface area contributed by atoms with Crippen molar-refractivity contribution in [2.75, 3.05) is 6.61 Å². The maximum Gasteiger partial charge on any atom is 0.387 e. The van der Waals surface area contributed by atoms with Crippen LogP contribution in [0.2, 0.25) is 10.0 Å². The lowest BCUT2D eigenvalue weighted by atomic mass is 10.2. The van der Waals surface area contributed by atoms with Gasteiger partial charge in [-0.1, -0.05) is 36.2 Å². The molecule has 126 valence electrons. The first kappa shape index (κ1) is 18.0. The second kappa shape index (κ2) is 8.50. The summed E-state index contributed by atoms with van der Waals surface area (Å²) in [7, 11) is 0. The SMILES string of the molecule is CC/C=C\C(OC(F)F)=C(\OCC1CC1)c1c(Cl)cncc1Cl. The predicted octanol–water partition coefficient (Wildman–Crippen LogP) is 5.69. The molecule has 23 heavy (non-hydrogen) atoms. The molecule has 0 amide bonds. The normalized spacial score (nSPS) is 15.9. The topological polar surface area (TPSA) is 31.4 Å². The number of ether oxygens (including phenoxy) is 2. The van der Waals surface area contributed by atoms with Crippen LogP contribution in [0, 0.1) is 5.92 Å². The number of hydrogen-bond acceptors (Lipinski definition) is 3. The fraction of sp³-hybridized carbons (Fsp3) is 0.438. The quantitative estimate of drug-likeness (QED) is 0.439. The second-order valence-corrected chi connectivity index (χ2v) is 5.93. The fourth-order valence-electron chi connectivity index (χ4n) is 1.87. The van der Waals surface area contributed by atoms with E-state index in [1.807, 2.05) is 6.92 Å². The molecule has 1 aromatic rings. The van der Waals surface area contributed by atoms with Gasteiger partial charge < -0.3 is 9.47 Å². The zero-order valence-electron chi connectivity index (χ0n) is 12.6. The van der Waals surface area contributed by atoms with E-state index in [0.29, 0.717) is 24.5 Å². The van der Waals surface area contributed by atoms with E-state index < -0.39 is 6.61 Å². The van der Waals surface area contributed by atoms with Gasteiger partial charge in [-0.15, -0.1) is 0 Å². The van der Waals surface area contributed by atoms with Crippen molar-refractivity contribution in [1.29, 1.82) is 0 Å². The Balaban J connectivity index is 2.47. The number of pyridine rings is 1. The van der Waals surface area contributed by atoms with Crippen molar-refractivity contribution >= 4 is 29.0 Å². The van der Waals surface area contributed by atoms with Gasteiger partial charge in [0.25, 0.3) is 0 Å². The lowest BCUT2D eigenvalue weighted by Gasteiger charge is -2.17. The standard InChI is InChI=1S/C16H17Cl2F2NO2/c1-2-3-4-13(23-16(19)20)15(22-9-10-5-6-10)14-11(17)7-21-8-12(14)18/h3-4,7-8,10,16H,2,5-6,9H2,1H3/b4-3-,15-13-. The minimum atomic E-state index is -2.98. The van der Waals surface area contributed by atoms with Gasteiger partial charge in [0.05, 0.1) is 22.2 Å². The minimum absolute atomic E-state index is 0.0995. The van der Waals surface area contributed by atoms with Crippen LogP contribution in [-0.2, 0) is 9.47 Å². The third-order valence-electron chi connectivity index (χ3n) is 3.19. The molecule has 1 heterocycles. The van der Waals surface area contributed by atoms with Gasteiger partial charge in [-0.25, -0.2) is 0 Å². The number of allylic oxidation sites excluding steroid dienone is 2. The number of nitrogens with zero attached hydrogens (tertiary/aromatic N) is 1. The zero-order chi connectivity index (χ0) is 16.8. The van der Waals surface area contributed by atoms with Gasteiger partial charge in [0.2, 0.25) is 0 Å². The summed E-state index contributed by atoms with van der Waals surface area (Å²) in [5, 5.41) is 0.423. The fourth-order valence-corrected chi connectivity index (χ4v) is 2.41. The first-order chi connectivity index (χ1) is 11.0. The highest BCUT2D eigenvalue weighted by molar-refractivity contribution is 6.37. The summed E-state index contributed by atoms with van der Waals surface area (Å²) in [6.45, 7) is -0.695. The number of halogens is 4. The van der Waals surface area contributed by atoms with Gasteiger partial charge in [-0.3, -0.25) is 4.98 Å². The summed E-state index contributed by atoms with van der Waals surface area (Å²) in [6, 6.07) is 0. The monoisotopic (exact) mass is 363 g/mol. The minimum Gasteiger partial charge on any atom is -0.489 e. The number of aromatic nitrogens is 1. The van der Waals surface area contributed by atoms with Crippen LogP contribution in [-0.4, -0.2) is 18.2 Å². The predicted molar refractivity (Wildman–Crippen MR) is 86.4 cm³/mol. The molecular formula is C16H17Cl2F2NO2. The van der Waals surface area contributed by atoms with E-state index in [4.69, 9.17) is 27.9 Å². The smallest absolute Gasteiger partial charge is 0.387 e. The highest BCUT2D eigenvalue weighted by atomic mass is 35.5. The van der Waals surface area contributed by atoms with Gasteiger partial charge in [0.15, 0.2) is 11.5 Å². The van der Waals surface area contributed by atoms with E-state index in [1.165, 1.54) is 18.5 Å². The average molecular weight is 364 g/mol. The van der Waals surface area contributed by atoms with Crippen molar-refractivity contribution in [3.63, 3.8) is 0 Å². The lowest BCUT2D eigenvalue weighted by molar-refractivity contribution is -0.0931. The van der Waals surface area contributed by atoms with Crippen LogP contribution in [0.25, 0.3) is 5.76 Å². The van der Waals surface area contributed by atoms with E-state index >= 15 is 0 Å². The molecule has 0 spiro atoms. The van der Waals surface area contributed by atoms with Crippen LogP contribution in [0.5, 0.6) is 0 Å². The summed E-state index contributed by atoms with van der Waals surface area (Å²) >= 11 is 12.3. The molecule has 0 aromatic carbocycles. The third kappa shape index (κ3) is 5.36. The number of rotatable bonds is 8. The maximum atomic E-state index is 12.8. The Morgan fingerprint density at radius 1 is 1.35 bits per heavy atom. The number of hydrogen-bond donors (Lipinski definition) is 0. The lowest BCUT2D eigenvalue weighted by Crippen LogP contribution is -2.06. The summed E-state index contributed by atoms with van der Waals surface area (Å²) in [5.41, 5.74) is 0.306. The molecule has 1 aliphatic rings. The Bertz CT molecular complexity index is 581. The summed E-state index contributed by atoms with van der Waals surface area (Å²) in [4.78, 5) is 3.87.